The van der Waals surface area contributed by atoms with E-state index < -0.39 is 137 Å². The number of likely N-dealkylation sites (tertiary alicyclic amines) is 5. The highest BCUT2D eigenvalue weighted by molar-refractivity contribution is 6.02. The molecule has 81 heavy (non-hydrogen) atoms. The summed E-state index contributed by atoms with van der Waals surface area (Å²) in [7, 11) is 0. The van der Waals surface area contributed by atoms with E-state index in [9.17, 15) is 85.1 Å². The third kappa shape index (κ3) is 15.6. The number of amides is 7. The molecule has 7 amide bonds. The van der Waals surface area contributed by atoms with Crippen LogP contribution in [-0.4, -0.2) is 218 Å². The number of nitrogens with one attached hydrogen (secondary N) is 1. The molecule has 0 aromatic carbocycles. The van der Waals surface area contributed by atoms with E-state index in [4.69, 9.17) is 30.5 Å². The van der Waals surface area contributed by atoms with Gasteiger partial charge < -0.3 is 56.1 Å². The lowest BCUT2D eigenvalue weighted by atomic mass is 9.75. The Bertz CT molecular complexity index is 2190. The van der Waals surface area contributed by atoms with Gasteiger partial charge >= 0.3 is 30.5 Å². The van der Waals surface area contributed by atoms with Crippen LogP contribution in [0.15, 0.2) is 0 Å². The van der Waals surface area contributed by atoms with Crippen molar-refractivity contribution in [1.29, 1.82) is 0 Å². The molecule has 9 unspecified atom stereocenters. The van der Waals surface area contributed by atoms with Gasteiger partial charge in [-0.1, -0.05) is 7.43 Å². The van der Waals surface area contributed by atoms with E-state index in [0.29, 0.717) is 31.7 Å². The number of carboxylic acids is 1. The topological polar surface area (TPSA) is 350 Å². The first-order valence-electron chi connectivity index (χ1n) is 25.8. The fourth-order valence-corrected chi connectivity index (χ4v) is 11.3. The number of carbonyl (C=O) groups excluding carboxylic acids is 9. The molecule has 6 heterocycles. The average Bonchev–Trinajstić information content (AvgIpc) is 4.02. The van der Waals surface area contributed by atoms with E-state index in [1.54, 1.807) is 55.4 Å². The smallest absolute Gasteiger partial charge is 0.446 e. The second-order valence-electron chi connectivity index (χ2n) is 23.1. The number of aldehydes is 2. The van der Waals surface area contributed by atoms with E-state index in [1.807, 2.05) is 27.7 Å². The number of carbonyl (C=O) groups is 10. The van der Waals surface area contributed by atoms with E-state index in [0.717, 1.165) is 12.8 Å². The van der Waals surface area contributed by atoms with Gasteiger partial charge in [-0.25, -0.2) is 14.4 Å². The molecule has 0 saturated carbocycles. The lowest BCUT2D eigenvalue weighted by Crippen LogP contribution is -2.82. The summed E-state index contributed by atoms with van der Waals surface area (Å²) in [5.41, 5.74) is 6.59. The molecule has 6 aliphatic rings. The van der Waals surface area contributed by atoms with Crippen LogP contribution < -0.4 is 16.8 Å². The van der Waals surface area contributed by atoms with Crippen LogP contribution in [0.25, 0.3) is 0 Å². The summed E-state index contributed by atoms with van der Waals surface area (Å²) in [5, 5.41) is 41.9. The van der Waals surface area contributed by atoms with Gasteiger partial charge in [-0.2, -0.15) is 26.3 Å². The maximum Gasteiger partial charge on any atom is 0.446 e. The van der Waals surface area contributed by atoms with Gasteiger partial charge in [0.15, 0.2) is 6.04 Å². The summed E-state index contributed by atoms with van der Waals surface area (Å²) in [6.45, 7) is 26.0. The number of aliphatic hydroxyl groups is 3. The predicted octanol–water partition coefficient (Wildman–Crippen LogP) is 2.91. The zero-order valence-corrected chi connectivity index (χ0v) is 47.7. The van der Waals surface area contributed by atoms with Crippen molar-refractivity contribution in [3.8, 4) is 0 Å². The van der Waals surface area contributed by atoms with Gasteiger partial charge in [0.2, 0.25) is 30.3 Å². The number of alkyl halides is 6. The van der Waals surface area contributed by atoms with Crippen LogP contribution in [-0.2, 0) is 47.8 Å². The van der Waals surface area contributed by atoms with Crippen LogP contribution in [0.2, 0.25) is 0 Å². The number of aliphatic carboxylic acids is 1. The maximum absolute atomic E-state index is 13.0. The largest absolute Gasteiger partial charge is 0.480 e. The van der Waals surface area contributed by atoms with Crippen molar-refractivity contribution >= 4 is 60.3 Å². The third-order valence-electron chi connectivity index (χ3n) is 14.8. The quantitative estimate of drug-likeness (QED) is 0.0991. The van der Waals surface area contributed by atoms with Crippen LogP contribution in [0.4, 0.5) is 35.9 Å². The van der Waals surface area contributed by atoms with E-state index in [2.05, 4.69) is 5.32 Å². The molecule has 30 heteroatoms. The number of rotatable bonds is 9. The number of carboxylic acid groups (broad SMARTS) is 1. The van der Waals surface area contributed by atoms with Crippen molar-refractivity contribution < 1.29 is 104 Å². The molecular weight excluding hydrogens is 1090 g/mol. The molecule has 0 radical (unpaired) electrons. The second-order valence-corrected chi connectivity index (χ2v) is 23.1. The van der Waals surface area contributed by atoms with Crippen molar-refractivity contribution in [2.75, 3.05) is 0 Å². The number of β-lactam (4-membered cyclic amide) rings is 3. The predicted molar refractivity (Wildman–Crippen MR) is 276 cm³/mol. The van der Waals surface area contributed by atoms with Crippen LogP contribution in [0, 0.1) is 0 Å². The van der Waals surface area contributed by atoms with Gasteiger partial charge in [-0.3, -0.25) is 48.7 Å². The van der Waals surface area contributed by atoms with Gasteiger partial charge in [0.05, 0.1) is 36.4 Å². The lowest BCUT2D eigenvalue weighted by Gasteiger charge is -2.59. The number of hydrogen-bond acceptors (Lipinski definition) is 16. The summed E-state index contributed by atoms with van der Waals surface area (Å²) >= 11 is 0. The molecule has 0 aromatic heterocycles. The Labute approximate surface area is 467 Å². The Morgan fingerprint density at radius 2 is 0.877 bits per heavy atom. The number of hydrogen-bond donors (Lipinski definition) is 7. The number of halogens is 6. The van der Waals surface area contributed by atoms with Crippen molar-refractivity contribution in [3.63, 3.8) is 0 Å². The minimum atomic E-state index is -4.64. The van der Waals surface area contributed by atoms with Crippen LogP contribution in [0.5, 0.6) is 0 Å². The first kappa shape index (κ1) is 73.1. The first-order chi connectivity index (χ1) is 36.1. The molecule has 15 atom stereocenters. The van der Waals surface area contributed by atoms with Crippen LogP contribution in [0.3, 0.4) is 0 Å². The van der Waals surface area contributed by atoms with Gasteiger partial charge in [0, 0.05) is 18.1 Å². The van der Waals surface area contributed by atoms with Gasteiger partial charge in [0.1, 0.15) is 39.9 Å². The highest BCUT2D eigenvalue weighted by atomic mass is 19.4. The van der Waals surface area contributed by atoms with Crippen molar-refractivity contribution in [2.45, 2.75) is 263 Å². The highest BCUT2D eigenvalue weighted by Crippen LogP contribution is 2.50. The van der Waals surface area contributed by atoms with Crippen LogP contribution in [0.1, 0.15) is 150 Å². The van der Waals surface area contributed by atoms with Crippen LogP contribution >= 0.6 is 0 Å². The van der Waals surface area contributed by atoms with Crippen molar-refractivity contribution in [3.05, 3.63) is 0 Å². The Morgan fingerprint density at radius 3 is 1.09 bits per heavy atom. The molecule has 3 spiro atoms. The van der Waals surface area contributed by atoms with Gasteiger partial charge in [0.25, 0.3) is 11.8 Å². The Hall–Kier alpha value is -5.88. The molecule has 0 bridgehead atoms. The zero-order valence-electron chi connectivity index (χ0n) is 47.7. The molecular formula is C51H84F6N8O16. The van der Waals surface area contributed by atoms with E-state index in [-0.39, 0.29) is 37.4 Å². The van der Waals surface area contributed by atoms with Gasteiger partial charge in [-0.15, -0.1) is 0 Å². The normalized spacial score (nSPS) is 29.8. The summed E-state index contributed by atoms with van der Waals surface area (Å²) < 4.78 is 73.4. The van der Waals surface area contributed by atoms with E-state index >= 15 is 0 Å². The minimum Gasteiger partial charge on any atom is -0.480 e. The molecule has 6 rings (SSSR count). The highest BCUT2D eigenvalue weighted by Gasteiger charge is 2.71. The standard InChI is InChI=1S/C17H29N3O5.C17H28N2O6.C12H21N3O3.2C2HF3O.CH4/c1-9-7-8-17(20(9)15(24)25-16(4,5)6)11(3)19(14(17)23)12(10(2)21)13(18)22;1-9-7-8-17(19(9)15(24)25-16(4,5)6)11(3)18(14(17)23)12(10(2)20)13(21)22;1-6-4-5-12(14-6)8(3)15(11(12)18)9(7(2)16)10(13)17;2*3-2(4,5)1-6;/h9-12,21H,7-8H2,1-6H3,(H2,18,22);9-12,20H,7-8H2,1-6H3,(H,21,22);6-9,14,16H,4-5H2,1-3H3,(H2,13,17);2*1H;1H4/t2*9?,10-,11?,12+,17?;6?,7-,8?,9+,12?;;;/m111.../s1. The molecule has 24 nitrogen and oxygen atoms in total. The molecule has 466 valence electrons. The SMILES string of the molecule is C.CC1CCC2(C(=O)N([C@H](C(=O)O)[C@@H](C)O)C2C)N1C(=O)OC(C)(C)C.CC1CCC2(C(=O)N([C@H](C(N)=O)[C@@H](C)O)C2C)N1C(=O)OC(C)(C)C.CC1CCC2(N1)C(=O)N([C@H](C(N)=O)[C@@H](C)O)C2C.O=CC(F)(F)F.O=CC(F)(F)F. The van der Waals surface area contributed by atoms with Crippen molar-refractivity contribution in [2.24, 2.45) is 11.5 Å². The van der Waals surface area contributed by atoms with E-state index in [1.165, 1.54) is 45.3 Å². The first-order valence-corrected chi connectivity index (χ1v) is 25.8. The molecule has 6 aliphatic heterocycles. The Balaban J connectivity index is 0.000000552. The monoisotopic (exact) mass is 1180 g/mol. The number of ether oxygens (including phenoxy) is 2. The fourth-order valence-electron chi connectivity index (χ4n) is 11.3. The van der Waals surface area contributed by atoms with Crippen molar-refractivity contribution in [1.82, 2.24) is 29.8 Å². The number of aliphatic hydroxyl groups excluding tert-OH is 3. The molecule has 0 aromatic rings. The summed E-state index contributed by atoms with van der Waals surface area (Å²) in [5.74, 6) is -3.61. The van der Waals surface area contributed by atoms with Gasteiger partial charge in [-0.05, 0) is 142 Å². The number of nitrogens with zero attached hydrogens (tertiary/aromatic N) is 5. The second kappa shape index (κ2) is 26.6. The molecule has 6 saturated heterocycles. The lowest BCUT2D eigenvalue weighted by molar-refractivity contribution is -0.188. The zero-order chi connectivity index (χ0) is 62.7. The minimum absolute atomic E-state index is 0. The molecule has 9 N–H and O–H groups in total. The number of primary amides is 2. The molecule has 0 aliphatic carbocycles. The fraction of sp³-hybridized carbons (Fsp3) is 0.804. The average molecular weight is 1180 g/mol. The maximum atomic E-state index is 13.0. The Kier molecular flexibility index (Phi) is 24.0. The Morgan fingerprint density at radius 1 is 0.580 bits per heavy atom. The third-order valence-corrected chi connectivity index (χ3v) is 14.8. The summed E-state index contributed by atoms with van der Waals surface area (Å²) in [6, 6.07) is -4.48. The number of nitrogens with two attached hydrogens (primary N) is 2. The summed E-state index contributed by atoms with van der Waals surface area (Å²) in [4.78, 5) is 123. The molecule has 6 fully saturated rings. The summed E-state index contributed by atoms with van der Waals surface area (Å²) in [6.07, 6.45) is -11.8.